The first-order valence-corrected chi connectivity index (χ1v) is 23.2. The van der Waals surface area contributed by atoms with Crippen LogP contribution in [0, 0.1) is 0 Å². The Balaban J connectivity index is 4.40. The molecule has 0 aliphatic rings. The third-order valence-corrected chi connectivity index (χ3v) is 10.0. The van der Waals surface area contributed by atoms with E-state index < -0.39 is 51.1 Å². The molecule has 0 spiro atoms. The first kappa shape index (κ1) is 53.4. The fourth-order valence-corrected chi connectivity index (χ4v) is 6.38. The van der Waals surface area contributed by atoms with E-state index in [1.165, 1.54) is 57.8 Å². The van der Waals surface area contributed by atoms with Gasteiger partial charge in [0.2, 0.25) is 0 Å². The lowest BCUT2D eigenvalue weighted by atomic mass is 10.1. The summed E-state index contributed by atoms with van der Waals surface area (Å²) in [4.78, 5) is 48.0. The molecule has 0 fully saturated rings. The van der Waals surface area contributed by atoms with Crippen LogP contribution in [0.5, 0.6) is 0 Å². The van der Waals surface area contributed by atoms with Crippen LogP contribution < -0.4 is 15.7 Å². The normalized spacial score (nSPS) is 14.2. The van der Waals surface area contributed by atoms with Crippen molar-refractivity contribution in [2.75, 3.05) is 19.8 Å². The van der Waals surface area contributed by atoms with E-state index in [4.69, 9.17) is 14.0 Å². The predicted octanol–water partition coefficient (Wildman–Crippen LogP) is 8.71. The van der Waals surface area contributed by atoms with Crippen LogP contribution >= 0.6 is 7.82 Å². The molecule has 56 heavy (non-hydrogen) atoms. The Morgan fingerprint density at radius 2 is 0.946 bits per heavy atom. The molecule has 0 saturated heterocycles. The molecule has 0 radical (unpaired) electrons. The Morgan fingerprint density at radius 3 is 1.39 bits per heavy atom. The number of hydrogen-bond donors (Lipinski definition) is 1. The molecule has 0 saturated carbocycles. The SMILES string of the molecule is CCCCC/C=C\C/C=C\CCCCCCCCCC(=O)OC[C@H](COP(=O)([O-])OC[C@H]([NH3+])C(=O)[O-])OC(=O)CCCCCCC/C=C\C/C=C\CCCCC. The summed E-state index contributed by atoms with van der Waals surface area (Å²) in [5, 5.41) is 10.8. The summed E-state index contributed by atoms with van der Waals surface area (Å²) < 4.78 is 32.3. The van der Waals surface area contributed by atoms with Gasteiger partial charge in [-0.05, 0) is 77.0 Å². The summed E-state index contributed by atoms with van der Waals surface area (Å²) in [5.74, 6) is -2.61. The minimum absolute atomic E-state index is 0.128. The highest BCUT2D eigenvalue weighted by Gasteiger charge is 2.22. The third kappa shape index (κ3) is 38.3. The van der Waals surface area contributed by atoms with Crippen molar-refractivity contribution < 1.29 is 53.2 Å². The summed E-state index contributed by atoms with van der Waals surface area (Å²) in [6.07, 6.45) is 42.9. The number of aliphatic carboxylic acids is 1. The maximum absolute atomic E-state index is 12.6. The highest BCUT2D eigenvalue weighted by Crippen LogP contribution is 2.38. The number of allylic oxidation sites excluding steroid dienone is 8. The molecule has 3 N–H and O–H groups in total. The number of phosphoric ester groups is 1. The Kier molecular flexibility index (Phi) is 37.5. The van der Waals surface area contributed by atoms with Gasteiger partial charge in [-0.3, -0.25) is 14.2 Å². The number of rotatable bonds is 40. The first-order valence-electron chi connectivity index (χ1n) is 21.7. The van der Waals surface area contributed by atoms with Gasteiger partial charge in [0.25, 0.3) is 7.82 Å². The van der Waals surface area contributed by atoms with Crippen LogP contribution in [0.1, 0.15) is 181 Å². The average molecular weight is 811 g/mol. The fourth-order valence-electron chi connectivity index (χ4n) is 5.60. The van der Waals surface area contributed by atoms with Crippen LogP contribution in [0.15, 0.2) is 48.6 Å². The molecule has 11 nitrogen and oxygen atoms in total. The zero-order chi connectivity index (χ0) is 41.4. The molecular weight excluding hydrogens is 733 g/mol. The highest BCUT2D eigenvalue weighted by atomic mass is 31.2. The topological polar surface area (TPSA) is 179 Å². The number of quaternary nitrogens is 1. The maximum atomic E-state index is 12.6. The Bertz CT molecular complexity index is 1140. The monoisotopic (exact) mass is 811 g/mol. The molecule has 1 unspecified atom stereocenters. The number of carbonyl (C=O) groups is 3. The van der Waals surface area contributed by atoms with Crippen LogP contribution in [-0.2, 0) is 37.5 Å². The molecule has 0 aliphatic heterocycles. The van der Waals surface area contributed by atoms with Crippen LogP contribution in [0.3, 0.4) is 0 Å². The second kappa shape index (κ2) is 39.3. The fraction of sp³-hybridized carbons (Fsp3) is 0.750. The Hall–Kier alpha value is -2.56. The minimum atomic E-state index is -4.96. The van der Waals surface area contributed by atoms with Crippen molar-refractivity contribution in [3.8, 4) is 0 Å². The number of carboxylic acid groups (broad SMARTS) is 1. The van der Waals surface area contributed by atoms with E-state index in [1.807, 2.05) is 0 Å². The van der Waals surface area contributed by atoms with Gasteiger partial charge in [0.05, 0.1) is 6.61 Å². The first-order chi connectivity index (χ1) is 27.1. The van der Waals surface area contributed by atoms with Crippen LogP contribution in [0.4, 0.5) is 0 Å². The number of phosphoric acid groups is 1. The van der Waals surface area contributed by atoms with Crippen molar-refractivity contribution in [3.63, 3.8) is 0 Å². The summed E-state index contributed by atoms with van der Waals surface area (Å²) in [6, 6.07) is -1.43. The van der Waals surface area contributed by atoms with Gasteiger partial charge in [0.1, 0.15) is 25.2 Å². The number of hydrogen-bond acceptors (Lipinski definition) is 10. The molecule has 0 amide bonds. The number of unbranched alkanes of at least 4 members (excludes halogenated alkanes) is 18. The minimum Gasteiger partial charge on any atom is -0.756 e. The van der Waals surface area contributed by atoms with E-state index in [0.717, 1.165) is 83.5 Å². The van der Waals surface area contributed by atoms with E-state index in [1.54, 1.807) is 0 Å². The summed E-state index contributed by atoms with van der Waals surface area (Å²) >= 11 is 0. The van der Waals surface area contributed by atoms with Gasteiger partial charge in [-0.15, -0.1) is 0 Å². The number of esters is 2. The molecule has 0 heterocycles. The summed E-state index contributed by atoms with van der Waals surface area (Å²) in [7, 11) is -4.96. The molecule has 0 bridgehead atoms. The molecule has 324 valence electrons. The third-order valence-electron chi connectivity index (χ3n) is 9.08. The lowest BCUT2D eigenvalue weighted by molar-refractivity contribution is -0.441. The highest BCUT2D eigenvalue weighted by molar-refractivity contribution is 7.45. The van der Waals surface area contributed by atoms with Crippen molar-refractivity contribution >= 4 is 25.7 Å². The van der Waals surface area contributed by atoms with E-state index in [0.29, 0.717) is 12.8 Å². The van der Waals surface area contributed by atoms with Gasteiger partial charge in [-0.25, -0.2) is 0 Å². The van der Waals surface area contributed by atoms with E-state index in [-0.39, 0.29) is 19.4 Å². The Morgan fingerprint density at radius 1 is 0.554 bits per heavy atom. The lowest BCUT2D eigenvalue weighted by Crippen LogP contribution is -2.70. The second-order valence-electron chi connectivity index (χ2n) is 14.5. The van der Waals surface area contributed by atoms with E-state index in [2.05, 4.69) is 72.7 Å². The summed E-state index contributed by atoms with van der Waals surface area (Å²) in [5.41, 5.74) is 3.24. The van der Waals surface area contributed by atoms with Crippen molar-refractivity contribution in [2.45, 2.75) is 193 Å². The zero-order valence-corrected chi connectivity index (χ0v) is 35.9. The van der Waals surface area contributed by atoms with Crippen molar-refractivity contribution in [2.24, 2.45) is 0 Å². The van der Waals surface area contributed by atoms with Gasteiger partial charge in [0, 0.05) is 12.8 Å². The molecule has 0 aromatic rings. The average Bonchev–Trinajstić information content (AvgIpc) is 3.17. The van der Waals surface area contributed by atoms with Crippen LogP contribution in [-0.4, -0.2) is 49.9 Å². The quantitative estimate of drug-likeness (QED) is 0.0272. The van der Waals surface area contributed by atoms with Gasteiger partial charge >= 0.3 is 11.9 Å². The second-order valence-corrected chi connectivity index (χ2v) is 15.9. The molecule has 3 atom stereocenters. The predicted molar refractivity (Wildman–Crippen MR) is 220 cm³/mol. The molecular formula is C44H77NO10P-. The molecule has 0 rings (SSSR count). The van der Waals surface area contributed by atoms with E-state index in [9.17, 15) is 28.9 Å². The van der Waals surface area contributed by atoms with Crippen molar-refractivity contribution in [1.82, 2.24) is 0 Å². The van der Waals surface area contributed by atoms with Gasteiger partial charge < -0.3 is 39.0 Å². The van der Waals surface area contributed by atoms with Crippen LogP contribution in [0.25, 0.3) is 0 Å². The van der Waals surface area contributed by atoms with Gasteiger partial charge in [-0.2, -0.15) is 0 Å². The van der Waals surface area contributed by atoms with E-state index >= 15 is 0 Å². The number of carbonyl (C=O) groups excluding carboxylic acids is 3. The standard InChI is InChI=1S/C44H78NO10P/c1-3-5-7-9-11-13-15-17-19-20-22-23-25-27-29-31-33-35-42(46)52-37-40(38-53-56(50,51)54-39-41(45)44(48)49)55-43(47)36-34-32-30-28-26-24-21-18-16-14-12-10-8-6-4-2/h11-14,17-19,21,40-41H,3-10,15-16,20,22-39,45H2,1-2H3,(H,48,49)(H,50,51)/p-1/b13-11-,14-12-,19-17-,21-18-/t40-,41+/m1/s1. The lowest BCUT2D eigenvalue weighted by Gasteiger charge is -2.26. The van der Waals surface area contributed by atoms with Crippen LogP contribution in [0.2, 0.25) is 0 Å². The molecule has 0 aromatic heterocycles. The molecule has 12 heteroatoms. The maximum Gasteiger partial charge on any atom is 0.306 e. The zero-order valence-electron chi connectivity index (χ0n) is 35.0. The number of ether oxygens (including phenoxy) is 2. The molecule has 0 aliphatic carbocycles. The Labute approximate surface area is 339 Å². The number of carboxylic acids is 1. The molecule has 0 aromatic carbocycles. The van der Waals surface area contributed by atoms with Crippen molar-refractivity contribution in [3.05, 3.63) is 48.6 Å². The largest absolute Gasteiger partial charge is 0.756 e. The van der Waals surface area contributed by atoms with Gasteiger partial charge in [0.15, 0.2) is 6.10 Å². The van der Waals surface area contributed by atoms with Crippen molar-refractivity contribution in [1.29, 1.82) is 0 Å². The summed E-state index contributed by atoms with van der Waals surface area (Å²) in [6.45, 7) is 2.62. The smallest absolute Gasteiger partial charge is 0.306 e. The van der Waals surface area contributed by atoms with Gasteiger partial charge in [-0.1, -0.05) is 140 Å².